The van der Waals surface area contributed by atoms with E-state index in [1.54, 1.807) is 6.92 Å². The van der Waals surface area contributed by atoms with Gasteiger partial charge in [-0.05, 0) is 33.6 Å². The fourth-order valence-electron chi connectivity index (χ4n) is 2.66. The number of H-pyrrole nitrogens is 1. The molecule has 0 spiro atoms. The number of nitrogens with zero attached hydrogens (tertiary/aromatic N) is 1. The number of carbonyl (C=O) groups is 1. The van der Waals surface area contributed by atoms with Crippen molar-refractivity contribution in [3.63, 3.8) is 0 Å². The van der Waals surface area contributed by atoms with E-state index in [2.05, 4.69) is 41.7 Å². The van der Waals surface area contributed by atoms with E-state index in [1.165, 1.54) is 12.1 Å². The monoisotopic (exact) mass is 309 g/mol. The molecule has 1 saturated heterocycles. The molecule has 0 radical (unpaired) electrons. The SMILES string of the molecule is Cc1cc(=O)cc(C(=O)NC2(C)CCN(C(C)S)CC2)[nH]1. The van der Waals surface area contributed by atoms with Gasteiger partial charge in [0.15, 0.2) is 5.43 Å². The van der Waals surface area contributed by atoms with Crippen molar-refractivity contribution in [1.82, 2.24) is 15.2 Å². The van der Waals surface area contributed by atoms with Crippen LogP contribution in [0.25, 0.3) is 0 Å². The van der Waals surface area contributed by atoms with Crippen LogP contribution in [0, 0.1) is 6.92 Å². The molecule has 1 unspecified atom stereocenters. The quantitative estimate of drug-likeness (QED) is 0.742. The molecule has 1 aliphatic rings. The molecule has 1 amide bonds. The van der Waals surface area contributed by atoms with Gasteiger partial charge in [0, 0.05) is 41.8 Å². The van der Waals surface area contributed by atoms with Gasteiger partial charge in [-0.25, -0.2) is 0 Å². The minimum Gasteiger partial charge on any atom is -0.354 e. The van der Waals surface area contributed by atoms with E-state index in [9.17, 15) is 9.59 Å². The maximum absolute atomic E-state index is 12.3. The number of aryl methyl sites for hydroxylation is 1. The van der Waals surface area contributed by atoms with E-state index < -0.39 is 0 Å². The predicted molar refractivity (Wildman–Crippen MR) is 86.9 cm³/mol. The smallest absolute Gasteiger partial charge is 0.268 e. The highest BCUT2D eigenvalue weighted by Crippen LogP contribution is 2.24. The van der Waals surface area contributed by atoms with Crippen LogP contribution >= 0.6 is 12.6 Å². The molecule has 0 saturated carbocycles. The molecule has 21 heavy (non-hydrogen) atoms. The van der Waals surface area contributed by atoms with Gasteiger partial charge in [-0.1, -0.05) is 0 Å². The van der Waals surface area contributed by atoms with Crippen molar-refractivity contribution in [2.75, 3.05) is 13.1 Å². The van der Waals surface area contributed by atoms with Crippen LogP contribution in [-0.2, 0) is 0 Å². The Labute approximate surface area is 130 Å². The van der Waals surface area contributed by atoms with Crippen molar-refractivity contribution >= 4 is 18.5 Å². The second kappa shape index (κ2) is 6.23. The first kappa shape index (κ1) is 16.1. The van der Waals surface area contributed by atoms with E-state index in [1.807, 2.05) is 0 Å². The second-order valence-corrected chi connectivity index (χ2v) is 6.84. The number of aromatic amines is 1. The van der Waals surface area contributed by atoms with Crippen LogP contribution < -0.4 is 10.7 Å². The number of pyridine rings is 1. The molecule has 2 N–H and O–H groups in total. The summed E-state index contributed by atoms with van der Waals surface area (Å²) in [6, 6.07) is 2.82. The Morgan fingerprint density at radius 1 is 1.43 bits per heavy atom. The number of hydrogen-bond donors (Lipinski definition) is 3. The molecule has 0 bridgehead atoms. The molecule has 0 aliphatic carbocycles. The number of hydrogen-bond acceptors (Lipinski definition) is 4. The van der Waals surface area contributed by atoms with Crippen molar-refractivity contribution in [2.24, 2.45) is 0 Å². The minimum atomic E-state index is -0.239. The highest BCUT2D eigenvalue weighted by molar-refractivity contribution is 7.80. The van der Waals surface area contributed by atoms with E-state index >= 15 is 0 Å². The minimum absolute atomic E-state index is 0.153. The fourth-order valence-corrected chi connectivity index (χ4v) is 2.89. The van der Waals surface area contributed by atoms with E-state index in [0.29, 0.717) is 11.4 Å². The normalized spacial score (nSPS) is 20.0. The van der Waals surface area contributed by atoms with Crippen LogP contribution in [0.5, 0.6) is 0 Å². The van der Waals surface area contributed by atoms with Crippen LogP contribution in [0.15, 0.2) is 16.9 Å². The third-order valence-corrected chi connectivity index (χ3v) is 4.39. The lowest BCUT2D eigenvalue weighted by Crippen LogP contribution is -2.54. The van der Waals surface area contributed by atoms with Crippen molar-refractivity contribution in [1.29, 1.82) is 0 Å². The zero-order valence-electron chi connectivity index (χ0n) is 12.8. The Balaban J connectivity index is 2.04. The van der Waals surface area contributed by atoms with Gasteiger partial charge in [0.1, 0.15) is 5.69 Å². The Hall–Kier alpha value is -1.27. The van der Waals surface area contributed by atoms with Crippen LogP contribution in [0.3, 0.4) is 0 Å². The Kier molecular flexibility index (Phi) is 4.78. The third-order valence-electron chi connectivity index (χ3n) is 4.07. The summed E-state index contributed by atoms with van der Waals surface area (Å²) in [6.07, 6.45) is 1.75. The number of aromatic nitrogens is 1. The molecule has 1 aliphatic heterocycles. The molecule has 1 aromatic heterocycles. The van der Waals surface area contributed by atoms with Gasteiger partial charge >= 0.3 is 0 Å². The molecule has 1 atom stereocenters. The van der Waals surface area contributed by atoms with Crippen molar-refractivity contribution in [3.8, 4) is 0 Å². The Morgan fingerprint density at radius 2 is 2.05 bits per heavy atom. The van der Waals surface area contributed by atoms with Crippen LogP contribution in [0.2, 0.25) is 0 Å². The third kappa shape index (κ3) is 4.11. The van der Waals surface area contributed by atoms with Gasteiger partial charge in [-0.2, -0.15) is 12.6 Å². The van der Waals surface area contributed by atoms with Crippen LogP contribution in [0.1, 0.15) is 42.9 Å². The number of rotatable bonds is 3. The lowest BCUT2D eigenvalue weighted by atomic mass is 9.89. The summed E-state index contributed by atoms with van der Waals surface area (Å²) in [4.78, 5) is 29.0. The van der Waals surface area contributed by atoms with Gasteiger partial charge in [0.25, 0.3) is 5.91 Å². The largest absolute Gasteiger partial charge is 0.354 e. The fraction of sp³-hybridized carbons (Fsp3) is 0.600. The molecular weight excluding hydrogens is 286 g/mol. The first-order valence-corrected chi connectivity index (χ1v) is 7.76. The first-order valence-electron chi connectivity index (χ1n) is 7.25. The average molecular weight is 309 g/mol. The molecule has 1 aromatic rings. The molecule has 1 fully saturated rings. The zero-order chi connectivity index (χ0) is 15.6. The molecule has 2 rings (SSSR count). The number of piperidine rings is 1. The topological polar surface area (TPSA) is 65.2 Å². The lowest BCUT2D eigenvalue weighted by molar-refractivity contribution is 0.0825. The molecule has 6 heteroatoms. The summed E-state index contributed by atoms with van der Waals surface area (Å²) in [6.45, 7) is 7.70. The van der Waals surface area contributed by atoms with Gasteiger partial charge in [0.05, 0.1) is 0 Å². The summed E-state index contributed by atoms with van der Waals surface area (Å²) >= 11 is 4.45. The maximum atomic E-state index is 12.3. The summed E-state index contributed by atoms with van der Waals surface area (Å²) in [5.74, 6) is -0.217. The van der Waals surface area contributed by atoms with E-state index in [-0.39, 0.29) is 22.2 Å². The maximum Gasteiger partial charge on any atom is 0.268 e. The lowest BCUT2D eigenvalue weighted by Gasteiger charge is -2.41. The highest BCUT2D eigenvalue weighted by atomic mass is 32.1. The number of carbonyl (C=O) groups excluding carboxylic acids is 1. The molecule has 2 heterocycles. The Bertz CT molecular complexity index is 575. The number of amides is 1. The van der Waals surface area contributed by atoms with Gasteiger partial charge in [-0.3, -0.25) is 14.5 Å². The molecule has 5 nitrogen and oxygen atoms in total. The standard InChI is InChI=1S/C15H23N3O2S/c1-10-8-12(19)9-13(16-10)14(20)17-15(3)4-6-18(7-5-15)11(2)21/h8-9,11,21H,4-7H2,1-3H3,(H,16,19)(H,17,20). The van der Waals surface area contributed by atoms with Crippen LogP contribution in [0.4, 0.5) is 0 Å². The van der Waals surface area contributed by atoms with Crippen molar-refractivity contribution < 1.29 is 4.79 Å². The summed E-state index contributed by atoms with van der Waals surface area (Å²) in [7, 11) is 0. The highest BCUT2D eigenvalue weighted by Gasteiger charge is 2.32. The van der Waals surface area contributed by atoms with Gasteiger partial charge in [0.2, 0.25) is 0 Å². The molecular formula is C15H23N3O2S. The second-order valence-electron chi connectivity index (χ2n) is 6.10. The van der Waals surface area contributed by atoms with Gasteiger partial charge in [-0.15, -0.1) is 0 Å². The summed E-state index contributed by atoms with van der Waals surface area (Å²) < 4.78 is 0. The zero-order valence-corrected chi connectivity index (χ0v) is 13.7. The van der Waals surface area contributed by atoms with E-state index in [4.69, 9.17) is 0 Å². The number of thiol groups is 1. The van der Waals surface area contributed by atoms with Crippen molar-refractivity contribution in [3.05, 3.63) is 33.7 Å². The van der Waals surface area contributed by atoms with Gasteiger partial charge < -0.3 is 10.3 Å². The predicted octanol–water partition coefficient (Wildman–Crippen LogP) is 1.54. The Morgan fingerprint density at radius 3 is 2.57 bits per heavy atom. The molecule has 0 aromatic carbocycles. The summed E-state index contributed by atoms with van der Waals surface area (Å²) in [5, 5.41) is 3.30. The molecule has 116 valence electrons. The average Bonchev–Trinajstić information content (AvgIpc) is 2.37. The number of likely N-dealkylation sites (tertiary alicyclic amines) is 1. The first-order chi connectivity index (χ1) is 9.79. The summed E-state index contributed by atoms with van der Waals surface area (Å²) in [5.41, 5.74) is 0.625. The van der Waals surface area contributed by atoms with E-state index in [0.717, 1.165) is 25.9 Å². The van der Waals surface area contributed by atoms with Crippen molar-refractivity contribution in [2.45, 2.75) is 44.5 Å². The number of nitrogens with one attached hydrogen (secondary N) is 2. The van der Waals surface area contributed by atoms with Crippen LogP contribution in [-0.4, -0.2) is 39.8 Å².